The maximum atomic E-state index is 12.4. The lowest BCUT2D eigenvalue weighted by Crippen LogP contribution is -2.37. The van der Waals surface area contributed by atoms with E-state index < -0.39 is 0 Å². The van der Waals surface area contributed by atoms with E-state index in [1.165, 1.54) is 18.9 Å². The Balaban J connectivity index is 2.19. The number of carbonyl (C=O) groups is 2. The predicted octanol–water partition coefficient (Wildman–Crippen LogP) is 3.25. The second-order valence-electron chi connectivity index (χ2n) is 5.34. The highest BCUT2D eigenvalue weighted by Crippen LogP contribution is 2.27. The van der Waals surface area contributed by atoms with Crippen molar-refractivity contribution in [3.05, 3.63) is 54.1 Å². The second-order valence-corrected chi connectivity index (χ2v) is 5.34. The molecule has 0 aliphatic carbocycles. The molecule has 0 saturated carbocycles. The van der Waals surface area contributed by atoms with Gasteiger partial charge in [0.2, 0.25) is 11.8 Å². The van der Waals surface area contributed by atoms with Crippen LogP contribution in [0.3, 0.4) is 0 Å². The van der Waals surface area contributed by atoms with Crippen LogP contribution in [0, 0.1) is 0 Å². The number of carbonyl (C=O) groups excluding carboxylic acids is 2. The Morgan fingerprint density at radius 1 is 1.08 bits per heavy atom. The van der Waals surface area contributed by atoms with Gasteiger partial charge >= 0.3 is 0 Å². The summed E-state index contributed by atoms with van der Waals surface area (Å²) in [7, 11) is 1.54. The Morgan fingerprint density at radius 2 is 1.75 bits per heavy atom. The van der Waals surface area contributed by atoms with Crippen LogP contribution in [-0.4, -0.2) is 25.5 Å². The Labute approximate surface area is 142 Å². The molecule has 24 heavy (non-hydrogen) atoms. The molecule has 0 spiro atoms. The van der Waals surface area contributed by atoms with E-state index in [1.54, 1.807) is 18.2 Å². The minimum absolute atomic E-state index is 0.0756. The van der Waals surface area contributed by atoms with E-state index in [9.17, 15) is 9.59 Å². The number of anilines is 2. The minimum atomic E-state index is -0.253. The Hall–Kier alpha value is -2.82. The molecule has 0 heterocycles. The first kappa shape index (κ1) is 17.5. The molecule has 0 saturated heterocycles. The first-order valence-corrected chi connectivity index (χ1v) is 7.85. The average molecular weight is 326 g/mol. The van der Waals surface area contributed by atoms with Crippen molar-refractivity contribution < 1.29 is 14.3 Å². The molecule has 2 aromatic rings. The molecule has 2 aromatic carbocycles. The van der Waals surface area contributed by atoms with Crippen LogP contribution in [0.5, 0.6) is 5.75 Å². The van der Waals surface area contributed by atoms with Crippen LogP contribution < -0.4 is 15.0 Å². The smallest absolute Gasteiger partial charge is 0.244 e. The molecule has 0 aromatic heterocycles. The first-order valence-electron chi connectivity index (χ1n) is 7.85. The zero-order valence-electron chi connectivity index (χ0n) is 14.2. The number of amides is 2. The van der Waals surface area contributed by atoms with Crippen molar-refractivity contribution in [2.45, 2.75) is 20.3 Å². The van der Waals surface area contributed by atoms with Crippen LogP contribution in [0.25, 0.3) is 0 Å². The maximum Gasteiger partial charge on any atom is 0.244 e. The zero-order valence-corrected chi connectivity index (χ0v) is 14.2. The van der Waals surface area contributed by atoms with Crippen molar-refractivity contribution in [1.29, 1.82) is 0 Å². The molecule has 0 unspecified atom stereocenters. The lowest BCUT2D eigenvalue weighted by Gasteiger charge is -2.23. The van der Waals surface area contributed by atoms with E-state index >= 15 is 0 Å². The van der Waals surface area contributed by atoms with Gasteiger partial charge in [-0.1, -0.05) is 37.3 Å². The van der Waals surface area contributed by atoms with Gasteiger partial charge in [0, 0.05) is 12.6 Å². The summed E-state index contributed by atoms with van der Waals surface area (Å²) in [6.07, 6.45) is 0.819. The van der Waals surface area contributed by atoms with E-state index in [4.69, 9.17) is 4.74 Å². The van der Waals surface area contributed by atoms with Crippen LogP contribution in [0.15, 0.2) is 48.5 Å². The molecule has 126 valence electrons. The number of ether oxygens (including phenoxy) is 1. The quantitative estimate of drug-likeness (QED) is 0.886. The van der Waals surface area contributed by atoms with Crippen molar-refractivity contribution in [2.24, 2.45) is 0 Å². The van der Waals surface area contributed by atoms with Crippen molar-refractivity contribution in [3.63, 3.8) is 0 Å². The molecule has 0 atom stereocenters. The van der Waals surface area contributed by atoms with Gasteiger partial charge in [-0.2, -0.15) is 0 Å². The fraction of sp³-hybridized carbons (Fsp3) is 0.263. The van der Waals surface area contributed by atoms with Gasteiger partial charge in [0.25, 0.3) is 0 Å². The van der Waals surface area contributed by atoms with Crippen molar-refractivity contribution in [2.75, 3.05) is 23.9 Å². The standard InChI is InChI=1S/C19H22N2O3/c1-4-15-9-5-6-10-16(15)20-19(23)13-21(14(2)22)17-11-7-8-12-18(17)24-3/h5-12H,4,13H2,1-3H3,(H,20,23). The normalized spacial score (nSPS) is 10.1. The fourth-order valence-corrected chi connectivity index (χ4v) is 2.50. The third-order valence-corrected chi connectivity index (χ3v) is 3.73. The van der Waals surface area contributed by atoms with Crippen LogP contribution in [0.4, 0.5) is 11.4 Å². The van der Waals surface area contributed by atoms with E-state index in [1.807, 2.05) is 37.3 Å². The number of rotatable bonds is 6. The molecule has 0 radical (unpaired) electrons. The predicted molar refractivity (Wildman–Crippen MR) is 95.5 cm³/mol. The van der Waals surface area contributed by atoms with Crippen LogP contribution >= 0.6 is 0 Å². The molecular weight excluding hydrogens is 304 g/mol. The molecule has 2 rings (SSSR count). The summed E-state index contributed by atoms with van der Waals surface area (Å²) in [4.78, 5) is 25.8. The molecule has 0 aliphatic rings. The van der Waals surface area contributed by atoms with Crippen LogP contribution in [0.1, 0.15) is 19.4 Å². The van der Waals surface area contributed by atoms with E-state index in [0.717, 1.165) is 17.7 Å². The van der Waals surface area contributed by atoms with Gasteiger partial charge < -0.3 is 10.1 Å². The summed E-state index contributed by atoms with van der Waals surface area (Å²) in [6.45, 7) is 3.38. The van der Waals surface area contributed by atoms with E-state index in [2.05, 4.69) is 5.32 Å². The van der Waals surface area contributed by atoms with Crippen molar-refractivity contribution in [1.82, 2.24) is 0 Å². The highest BCUT2D eigenvalue weighted by atomic mass is 16.5. The Bertz CT molecular complexity index is 728. The monoisotopic (exact) mass is 326 g/mol. The fourth-order valence-electron chi connectivity index (χ4n) is 2.50. The number of para-hydroxylation sites is 3. The molecular formula is C19H22N2O3. The van der Waals surface area contributed by atoms with Gasteiger partial charge in [0.15, 0.2) is 0 Å². The molecule has 0 bridgehead atoms. The molecule has 5 nitrogen and oxygen atoms in total. The lowest BCUT2D eigenvalue weighted by molar-refractivity contribution is -0.120. The Morgan fingerprint density at radius 3 is 2.42 bits per heavy atom. The van der Waals surface area contributed by atoms with Crippen molar-refractivity contribution >= 4 is 23.2 Å². The van der Waals surface area contributed by atoms with Gasteiger partial charge in [-0.25, -0.2) is 0 Å². The number of aryl methyl sites for hydroxylation is 1. The third kappa shape index (κ3) is 4.13. The molecule has 5 heteroatoms. The molecule has 2 amide bonds. The van der Waals surface area contributed by atoms with E-state index in [-0.39, 0.29) is 18.4 Å². The van der Waals surface area contributed by atoms with Gasteiger partial charge in [0.05, 0.1) is 12.8 Å². The summed E-state index contributed by atoms with van der Waals surface area (Å²) >= 11 is 0. The Kier molecular flexibility index (Phi) is 5.95. The summed E-state index contributed by atoms with van der Waals surface area (Å²) in [5, 5.41) is 2.88. The number of hydrogen-bond acceptors (Lipinski definition) is 3. The highest BCUT2D eigenvalue weighted by Gasteiger charge is 2.19. The number of hydrogen-bond donors (Lipinski definition) is 1. The number of methoxy groups -OCH3 is 1. The summed E-state index contributed by atoms with van der Waals surface area (Å²) in [5.41, 5.74) is 2.40. The molecule has 0 fully saturated rings. The topological polar surface area (TPSA) is 58.6 Å². The van der Waals surface area contributed by atoms with Crippen molar-refractivity contribution in [3.8, 4) is 5.75 Å². The third-order valence-electron chi connectivity index (χ3n) is 3.73. The maximum absolute atomic E-state index is 12.4. The van der Waals surface area contributed by atoms with Gasteiger partial charge in [-0.3, -0.25) is 14.5 Å². The molecule has 1 N–H and O–H groups in total. The van der Waals surface area contributed by atoms with Gasteiger partial charge in [0.1, 0.15) is 12.3 Å². The SMILES string of the molecule is CCc1ccccc1NC(=O)CN(C(C)=O)c1ccccc1OC. The van der Waals surface area contributed by atoms with E-state index in [0.29, 0.717) is 11.4 Å². The minimum Gasteiger partial charge on any atom is -0.495 e. The zero-order chi connectivity index (χ0) is 17.5. The lowest BCUT2D eigenvalue weighted by atomic mass is 10.1. The average Bonchev–Trinajstić information content (AvgIpc) is 2.60. The molecule has 0 aliphatic heterocycles. The van der Waals surface area contributed by atoms with Crippen LogP contribution in [-0.2, 0) is 16.0 Å². The second kappa shape index (κ2) is 8.15. The summed E-state index contributed by atoms with van der Waals surface area (Å²) in [6, 6.07) is 14.8. The number of nitrogens with zero attached hydrogens (tertiary/aromatic N) is 1. The first-order chi connectivity index (χ1) is 11.6. The summed E-state index contributed by atoms with van der Waals surface area (Å²) in [5.74, 6) is 0.0740. The number of benzene rings is 2. The largest absolute Gasteiger partial charge is 0.495 e. The number of nitrogens with one attached hydrogen (secondary N) is 1. The highest BCUT2D eigenvalue weighted by molar-refractivity contribution is 6.02. The van der Waals surface area contributed by atoms with Gasteiger partial charge in [-0.15, -0.1) is 0 Å². The van der Waals surface area contributed by atoms with Crippen LogP contribution in [0.2, 0.25) is 0 Å². The van der Waals surface area contributed by atoms with Gasteiger partial charge in [-0.05, 0) is 30.2 Å². The summed E-state index contributed by atoms with van der Waals surface area (Å²) < 4.78 is 5.29.